The lowest BCUT2D eigenvalue weighted by molar-refractivity contribution is 0.416. The normalized spacial score (nSPS) is 10.9. The highest BCUT2D eigenvalue weighted by Crippen LogP contribution is 2.28. The molecule has 96 valence electrons. The Labute approximate surface area is 110 Å². The predicted molar refractivity (Wildman–Crippen MR) is 72.2 cm³/mol. The number of aryl methyl sites for hydroxylation is 2. The number of rotatable bonds is 2. The fourth-order valence-electron chi connectivity index (χ4n) is 2.23. The topological polar surface area (TPSA) is 52.3 Å². The highest BCUT2D eigenvalue weighted by molar-refractivity contribution is 5.66. The molecule has 0 saturated carbocycles. The summed E-state index contributed by atoms with van der Waals surface area (Å²) in [4.78, 5) is 4.39. The number of hydrogen-bond donors (Lipinski definition) is 0. The number of benzene rings is 1. The van der Waals surface area contributed by atoms with Crippen LogP contribution in [0, 0.1) is 13.8 Å². The molecule has 5 nitrogen and oxygen atoms in total. The third kappa shape index (κ3) is 1.83. The average molecular weight is 254 g/mol. The molecule has 0 N–H and O–H groups in total. The van der Waals surface area contributed by atoms with Crippen molar-refractivity contribution in [3.8, 4) is 17.1 Å². The number of fused-ring (bicyclic) bond motifs is 1. The minimum Gasteiger partial charge on any atom is -0.496 e. The van der Waals surface area contributed by atoms with Gasteiger partial charge in [-0.2, -0.15) is 0 Å². The lowest BCUT2D eigenvalue weighted by atomic mass is 10.2. The van der Waals surface area contributed by atoms with E-state index in [2.05, 4.69) is 15.2 Å². The molecule has 0 amide bonds. The Morgan fingerprint density at radius 3 is 2.68 bits per heavy atom. The zero-order valence-electron chi connectivity index (χ0n) is 11.1. The first-order valence-electron chi connectivity index (χ1n) is 6.03. The first-order chi connectivity index (χ1) is 9.20. The van der Waals surface area contributed by atoms with Gasteiger partial charge in [0.2, 0.25) is 0 Å². The van der Waals surface area contributed by atoms with E-state index in [9.17, 15) is 0 Å². The Kier molecular flexibility index (Phi) is 2.67. The molecule has 0 atom stereocenters. The number of nitrogens with zero attached hydrogens (tertiary/aromatic N) is 4. The molecule has 0 aliphatic carbocycles. The summed E-state index contributed by atoms with van der Waals surface area (Å²) in [6.45, 7) is 3.97. The summed E-state index contributed by atoms with van der Waals surface area (Å²) in [6, 6.07) is 9.77. The molecule has 3 aromatic rings. The summed E-state index contributed by atoms with van der Waals surface area (Å²) >= 11 is 0. The minimum atomic E-state index is 0.610. The van der Waals surface area contributed by atoms with Crippen molar-refractivity contribution in [2.75, 3.05) is 7.11 Å². The molecule has 3 rings (SSSR count). The highest BCUT2D eigenvalue weighted by atomic mass is 16.5. The van der Waals surface area contributed by atoms with Crippen molar-refractivity contribution in [1.82, 2.24) is 19.6 Å². The van der Waals surface area contributed by atoms with E-state index in [1.807, 2.05) is 48.6 Å². The molecule has 0 spiro atoms. The van der Waals surface area contributed by atoms with Crippen LogP contribution in [-0.4, -0.2) is 26.7 Å². The minimum absolute atomic E-state index is 0.610. The predicted octanol–water partition coefficient (Wildman–Crippen LogP) is 2.42. The molecule has 19 heavy (non-hydrogen) atoms. The number of ether oxygens (including phenoxy) is 1. The largest absolute Gasteiger partial charge is 0.496 e. The molecule has 0 bridgehead atoms. The summed E-state index contributed by atoms with van der Waals surface area (Å²) in [5, 5.41) is 8.38. The van der Waals surface area contributed by atoms with Gasteiger partial charge in [-0.1, -0.05) is 12.1 Å². The van der Waals surface area contributed by atoms with Gasteiger partial charge in [0.1, 0.15) is 5.75 Å². The standard InChI is InChI=1S/C14H14N4O/c1-9-8-10(2)18-13(16-17-14(18)15-9)11-6-4-5-7-12(11)19-3/h4-8H,1-3H3. The van der Waals surface area contributed by atoms with Crippen molar-refractivity contribution in [2.24, 2.45) is 0 Å². The smallest absolute Gasteiger partial charge is 0.255 e. The maximum Gasteiger partial charge on any atom is 0.255 e. The molecule has 5 heteroatoms. The van der Waals surface area contributed by atoms with E-state index in [1.165, 1.54) is 0 Å². The van der Waals surface area contributed by atoms with Crippen molar-refractivity contribution in [1.29, 1.82) is 0 Å². The molecular weight excluding hydrogens is 240 g/mol. The summed E-state index contributed by atoms with van der Waals surface area (Å²) in [5.74, 6) is 2.13. The second-order valence-corrected chi connectivity index (χ2v) is 4.40. The molecule has 0 aliphatic rings. The highest BCUT2D eigenvalue weighted by Gasteiger charge is 2.14. The van der Waals surface area contributed by atoms with Gasteiger partial charge in [0.25, 0.3) is 5.78 Å². The van der Waals surface area contributed by atoms with Gasteiger partial charge in [-0.25, -0.2) is 4.98 Å². The van der Waals surface area contributed by atoms with Crippen molar-refractivity contribution >= 4 is 5.78 Å². The molecule has 2 heterocycles. The van der Waals surface area contributed by atoms with E-state index in [-0.39, 0.29) is 0 Å². The molecule has 0 radical (unpaired) electrons. The SMILES string of the molecule is COc1ccccc1-c1nnc2nc(C)cc(C)n12. The summed E-state index contributed by atoms with van der Waals surface area (Å²) in [6.07, 6.45) is 0. The van der Waals surface area contributed by atoms with Gasteiger partial charge < -0.3 is 4.74 Å². The van der Waals surface area contributed by atoms with E-state index < -0.39 is 0 Å². The fourth-order valence-corrected chi connectivity index (χ4v) is 2.23. The second-order valence-electron chi connectivity index (χ2n) is 4.40. The fraction of sp³-hybridized carbons (Fsp3) is 0.214. The van der Waals surface area contributed by atoms with Crippen LogP contribution in [0.2, 0.25) is 0 Å². The van der Waals surface area contributed by atoms with Crippen LogP contribution < -0.4 is 4.74 Å². The molecule has 2 aromatic heterocycles. The monoisotopic (exact) mass is 254 g/mol. The first kappa shape index (κ1) is 11.6. The molecule has 0 unspecified atom stereocenters. The lowest BCUT2D eigenvalue weighted by Gasteiger charge is -2.08. The van der Waals surface area contributed by atoms with Crippen molar-refractivity contribution < 1.29 is 4.74 Å². The average Bonchev–Trinajstić information content (AvgIpc) is 2.82. The quantitative estimate of drug-likeness (QED) is 0.704. The van der Waals surface area contributed by atoms with Crippen LogP contribution in [0.4, 0.5) is 0 Å². The van der Waals surface area contributed by atoms with Crippen LogP contribution in [0.25, 0.3) is 17.2 Å². The van der Waals surface area contributed by atoms with Crippen molar-refractivity contribution in [3.05, 3.63) is 41.7 Å². The number of methoxy groups -OCH3 is 1. The zero-order chi connectivity index (χ0) is 13.4. The van der Waals surface area contributed by atoms with Gasteiger partial charge in [-0.05, 0) is 32.0 Å². The maximum atomic E-state index is 5.38. The Morgan fingerprint density at radius 2 is 1.89 bits per heavy atom. The first-order valence-corrected chi connectivity index (χ1v) is 6.03. The van der Waals surface area contributed by atoms with Gasteiger partial charge >= 0.3 is 0 Å². The van der Waals surface area contributed by atoms with Gasteiger partial charge in [0, 0.05) is 11.4 Å². The summed E-state index contributed by atoms with van der Waals surface area (Å²) in [5.41, 5.74) is 2.89. The number of para-hydroxylation sites is 1. The Balaban J connectivity index is 2.32. The zero-order valence-corrected chi connectivity index (χ0v) is 11.1. The van der Waals surface area contributed by atoms with Gasteiger partial charge in [0.15, 0.2) is 5.82 Å². The van der Waals surface area contributed by atoms with E-state index >= 15 is 0 Å². The van der Waals surface area contributed by atoms with Gasteiger partial charge in [-0.15, -0.1) is 10.2 Å². The molecular formula is C14H14N4O. The van der Waals surface area contributed by atoms with Gasteiger partial charge in [-0.3, -0.25) is 4.40 Å². The molecule has 0 aliphatic heterocycles. The van der Waals surface area contributed by atoms with Crippen molar-refractivity contribution in [3.63, 3.8) is 0 Å². The number of aromatic nitrogens is 4. The van der Waals surface area contributed by atoms with Crippen LogP contribution in [0.3, 0.4) is 0 Å². The van der Waals surface area contributed by atoms with Crippen LogP contribution in [0.1, 0.15) is 11.4 Å². The van der Waals surface area contributed by atoms with Crippen LogP contribution in [0.5, 0.6) is 5.75 Å². The molecule has 1 aromatic carbocycles. The number of hydrogen-bond acceptors (Lipinski definition) is 4. The third-order valence-corrected chi connectivity index (χ3v) is 3.04. The Hall–Kier alpha value is -2.43. The maximum absolute atomic E-state index is 5.38. The molecule has 0 fully saturated rings. The van der Waals surface area contributed by atoms with E-state index in [0.29, 0.717) is 5.78 Å². The molecule has 0 saturated heterocycles. The van der Waals surface area contributed by atoms with Crippen molar-refractivity contribution in [2.45, 2.75) is 13.8 Å². The second kappa shape index (κ2) is 4.35. The third-order valence-electron chi connectivity index (χ3n) is 3.04. The lowest BCUT2D eigenvalue weighted by Crippen LogP contribution is -1.99. The summed E-state index contributed by atoms with van der Waals surface area (Å²) in [7, 11) is 1.65. The summed E-state index contributed by atoms with van der Waals surface area (Å²) < 4.78 is 7.32. The van der Waals surface area contributed by atoms with E-state index in [4.69, 9.17) is 4.74 Å². The van der Waals surface area contributed by atoms with Crippen LogP contribution >= 0.6 is 0 Å². The van der Waals surface area contributed by atoms with Crippen LogP contribution in [0.15, 0.2) is 30.3 Å². The van der Waals surface area contributed by atoms with E-state index in [1.54, 1.807) is 7.11 Å². The Morgan fingerprint density at radius 1 is 1.11 bits per heavy atom. The van der Waals surface area contributed by atoms with Gasteiger partial charge in [0.05, 0.1) is 12.7 Å². The van der Waals surface area contributed by atoms with Crippen LogP contribution in [-0.2, 0) is 0 Å². The van der Waals surface area contributed by atoms with E-state index in [0.717, 1.165) is 28.5 Å². The Bertz CT molecular complexity index is 748.